The lowest BCUT2D eigenvalue weighted by atomic mass is 10.2. The Hall–Kier alpha value is -1.77. The van der Waals surface area contributed by atoms with Crippen LogP contribution >= 0.6 is 11.8 Å². The van der Waals surface area contributed by atoms with Gasteiger partial charge in [-0.2, -0.15) is 0 Å². The Morgan fingerprint density at radius 2 is 1.78 bits per heavy atom. The summed E-state index contributed by atoms with van der Waals surface area (Å²) in [4.78, 5) is 53.3. The molecule has 0 aromatic rings. The van der Waals surface area contributed by atoms with Crippen LogP contribution in [0, 0.1) is 0 Å². The van der Waals surface area contributed by atoms with Gasteiger partial charge < -0.3 is 9.57 Å². The summed E-state index contributed by atoms with van der Waals surface area (Å²) in [6, 6.07) is -1.00. The number of nitrogens with zero attached hydrogens (tertiary/aromatic N) is 2. The molecule has 1 heterocycles. The zero-order chi connectivity index (χ0) is 17.8. The van der Waals surface area contributed by atoms with E-state index in [0.29, 0.717) is 5.06 Å². The second kappa shape index (κ2) is 7.67. The van der Waals surface area contributed by atoms with Gasteiger partial charge >= 0.3 is 12.1 Å². The molecule has 0 spiro atoms. The van der Waals surface area contributed by atoms with E-state index in [1.807, 2.05) is 0 Å². The van der Waals surface area contributed by atoms with Gasteiger partial charge in [-0.1, -0.05) is 0 Å². The van der Waals surface area contributed by atoms with Crippen molar-refractivity contribution in [2.45, 2.75) is 52.2 Å². The maximum atomic E-state index is 12.2. The number of amides is 3. The Bertz CT molecular complexity index is 486. The fourth-order valence-corrected chi connectivity index (χ4v) is 2.34. The number of hydrogen-bond donors (Lipinski definition) is 0. The van der Waals surface area contributed by atoms with Gasteiger partial charge in [0.1, 0.15) is 11.6 Å². The van der Waals surface area contributed by atoms with Gasteiger partial charge in [-0.3, -0.25) is 14.5 Å². The highest BCUT2D eigenvalue weighted by Crippen LogP contribution is 2.17. The minimum atomic E-state index is -1.00. The normalized spacial score (nSPS) is 16.3. The molecule has 1 aliphatic rings. The summed E-state index contributed by atoms with van der Waals surface area (Å²) >= 11 is 1.32. The second-order valence-corrected chi connectivity index (χ2v) is 6.87. The molecule has 130 valence electrons. The zero-order valence-corrected chi connectivity index (χ0v) is 14.8. The third kappa shape index (κ3) is 5.42. The van der Waals surface area contributed by atoms with Gasteiger partial charge in [0.15, 0.2) is 0 Å². The fourth-order valence-electron chi connectivity index (χ4n) is 1.73. The molecular formula is C14H22N2O6S. The predicted molar refractivity (Wildman–Crippen MR) is 83.1 cm³/mol. The molecule has 0 aromatic carbocycles. The van der Waals surface area contributed by atoms with Crippen LogP contribution < -0.4 is 0 Å². The maximum Gasteiger partial charge on any atom is 0.411 e. The molecule has 3 amide bonds. The summed E-state index contributed by atoms with van der Waals surface area (Å²) in [5, 5.41) is 0.463. The van der Waals surface area contributed by atoms with Crippen molar-refractivity contribution < 1.29 is 28.8 Å². The third-order valence-corrected chi connectivity index (χ3v) is 3.43. The molecule has 9 heteroatoms. The summed E-state index contributed by atoms with van der Waals surface area (Å²) in [6.45, 7) is 6.60. The van der Waals surface area contributed by atoms with Crippen molar-refractivity contribution in [1.82, 2.24) is 9.96 Å². The van der Waals surface area contributed by atoms with E-state index in [1.54, 1.807) is 27.0 Å². The minimum absolute atomic E-state index is 0.0150. The molecule has 1 atom stereocenters. The maximum absolute atomic E-state index is 12.2. The van der Waals surface area contributed by atoms with Gasteiger partial charge in [0, 0.05) is 12.8 Å². The van der Waals surface area contributed by atoms with Crippen molar-refractivity contribution in [1.29, 1.82) is 0 Å². The van der Waals surface area contributed by atoms with Crippen LogP contribution in [0.25, 0.3) is 0 Å². The highest BCUT2D eigenvalue weighted by molar-refractivity contribution is 7.98. The molecule has 0 saturated carbocycles. The van der Waals surface area contributed by atoms with Crippen LogP contribution in [-0.2, 0) is 24.0 Å². The van der Waals surface area contributed by atoms with Gasteiger partial charge in [0.2, 0.25) is 0 Å². The number of carbonyl (C=O) groups excluding carboxylic acids is 4. The lowest BCUT2D eigenvalue weighted by Crippen LogP contribution is -2.48. The van der Waals surface area contributed by atoms with E-state index in [1.165, 1.54) is 23.6 Å². The van der Waals surface area contributed by atoms with Crippen LogP contribution in [0.2, 0.25) is 0 Å². The van der Waals surface area contributed by atoms with Gasteiger partial charge in [-0.25, -0.2) is 9.59 Å². The Kier molecular flexibility index (Phi) is 6.43. The van der Waals surface area contributed by atoms with Crippen molar-refractivity contribution >= 4 is 35.6 Å². The molecule has 23 heavy (non-hydrogen) atoms. The van der Waals surface area contributed by atoms with E-state index in [-0.39, 0.29) is 18.7 Å². The summed E-state index contributed by atoms with van der Waals surface area (Å²) in [5.74, 6) is -1.80. The molecule has 0 radical (unpaired) electrons. The number of carbonyl (C=O) groups is 4. The van der Waals surface area contributed by atoms with Crippen LogP contribution in [0.15, 0.2) is 0 Å². The third-order valence-electron chi connectivity index (χ3n) is 2.89. The molecule has 0 N–H and O–H groups in total. The van der Waals surface area contributed by atoms with E-state index < -0.39 is 35.5 Å². The van der Waals surface area contributed by atoms with E-state index in [0.717, 1.165) is 0 Å². The Labute approximate surface area is 139 Å². The molecule has 1 fully saturated rings. The molecule has 0 aliphatic carbocycles. The predicted octanol–water partition coefficient (Wildman–Crippen LogP) is 1.54. The lowest BCUT2D eigenvalue weighted by Gasteiger charge is -2.30. The molecule has 1 rings (SSSR count). The average Bonchev–Trinajstić information content (AvgIpc) is 2.73. The summed E-state index contributed by atoms with van der Waals surface area (Å²) in [5.41, 5.74) is -0.710. The van der Waals surface area contributed by atoms with E-state index >= 15 is 0 Å². The smallest absolute Gasteiger partial charge is 0.411 e. The number of hydrogen-bond acceptors (Lipinski definition) is 7. The monoisotopic (exact) mass is 346 g/mol. The first-order chi connectivity index (χ1) is 10.6. The molecule has 1 saturated heterocycles. The van der Waals surface area contributed by atoms with Crippen LogP contribution in [0.5, 0.6) is 0 Å². The number of imide groups is 1. The van der Waals surface area contributed by atoms with Crippen molar-refractivity contribution in [3.05, 3.63) is 0 Å². The van der Waals surface area contributed by atoms with Gasteiger partial charge in [0.25, 0.3) is 11.8 Å². The topological polar surface area (TPSA) is 93.2 Å². The molecule has 0 bridgehead atoms. The lowest BCUT2D eigenvalue weighted by molar-refractivity contribution is -0.200. The first-order valence-corrected chi connectivity index (χ1v) is 8.52. The highest BCUT2D eigenvalue weighted by Gasteiger charge is 2.37. The van der Waals surface area contributed by atoms with E-state index in [9.17, 15) is 19.2 Å². The van der Waals surface area contributed by atoms with Gasteiger partial charge in [0.05, 0.1) is 5.88 Å². The van der Waals surface area contributed by atoms with E-state index in [4.69, 9.17) is 9.57 Å². The summed E-state index contributed by atoms with van der Waals surface area (Å²) in [6.07, 6.45) is 1.13. The Balaban J connectivity index is 2.78. The number of hydroxylamine groups is 2. The molecule has 0 aromatic heterocycles. The summed E-state index contributed by atoms with van der Waals surface area (Å²) in [7, 11) is 0. The Morgan fingerprint density at radius 1 is 1.26 bits per heavy atom. The van der Waals surface area contributed by atoms with Crippen LogP contribution in [0.3, 0.4) is 0 Å². The average molecular weight is 346 g/mol. The quantitative estimate of drug-likeness (QED) is 0.550. The second-order valence-electron chi connectivity index (χ2n) is 6.04. The van der Waals surface area contributed by atoms with Gasteiger partial charge in [-0.15, -0.1) is 16.8 Å². The fraction of sp³-hybridized carbons (Fsp3) is 0.714. The van der Waals surface area contributed by atoms with Crippen LogP contribution in [0.1, 0.15) is 40.5 Å². The molecule has 1 aliphatic heterocycles. The Morgan fingerprint density at radius 3 is 2.22 bits per heavy atom. The molecule has 8 nitrogen and oxygen atoms in total. The number of thioether (sulfide) groups is 1. The van der Waals surface area contributed by atoms with Crippen LogP contribution in [-0.4, -0.2) is 57.6 Å². The molecule has 0 unspecified atom stereocenters. The van der Waals surface area contributed by atoms with Crippen LogP contribution in [0.4, 0.5) is 4.79 Å². The number of rotatable bonds is 5. The van der Waals surface area contributed by atoms with Crippen molar-refractivity contribution in [2.24, 2.45) is 0 Å². The molecular weight excluding hydrogens is 324 g/mol. The van der Waals surface area contributed by atoms with Gasteiger partial charge in [-0.05, 0) is 34.0 Å². The summed E-state index contributed by atoms with van der Waals surface area (Å²) < 4.78 is 5.25. The standard InChI is InChI=1S/C14H22N2O6S/c1-9(12(19)22-16-10(17)6-7-11(16)18)15(8-23-5)13(20)21-14(2,3)4/h9H,6-8H2,1-5H3/t9-/m0/s1. The highest BCUT2D eigenvalue weighted by atomic mass is 32.2. The largest absolute Gasteiger partial charge is 0.444 e. The van der Waals surface area contributed by atoms with Crippen molar-refractivity contribution in [3.63, 3.8) is 0 Å². The first-order valence-electron chi connectivity index (χ1n) is 7.13. The van der Waals surface area contributed by atoms with E-state index in [2.05, 4.69) is 0 Å². The first kappa shape index (κ1) is 19.3. The zero-order valence-electron chi connectivity index (χ0n) is 14.0. The minimum Gasteiger partial charge on any atom is -0.444 e. The SMILES string of the molecule is CSCN(C(=O)OC(C)(C)C)[C@@H](C)C(=O)ON1C(=O)CCC1=O. The number of ether oxygens (including phenoxy) is 1. The van der Waals surface area contributed by atoms with Crippen molar-refractivity contribution in [3.8, 4) is 0 Å². The van der Waals surface area contributed by atoms with Crippen molar-refractivity contribution in [2.75, 3.05) is 12.1 Å².